The maximum atomic E-state index is 12.5. The third-order valence-corrected chi connectivity index (χ3v) is 3.50. The molecule has 0 aliphatic carbocycles. The van der Waals surface area contributed by atoms with Crippen molar-refractivity contribution in [1.29, 1.82) is 0 Å². The van der Waals surface area contributed by atoms with Crippen molar-refractivity contribution in [2.75, 3.05) is 26.2 Å². The minimum atomic E-state index is -0.155. The van der Waals surface area contributed by atoms with Crippen LogP contribution in [0.4, 0.5) is 0 Å². The molecule has 1 aliphatic rings. The average molecular weight is 224 g/mol. The number of hydrogen-bond donors (Lipinski definition) is 1. The van der Waals surface area contributed by atoms with Crippen LogP contribution in [0.1, 0.15) is 33.1 Å². The van der Waals surface area contributed by atoms with Crippen LogP contribution in [0.25, 0.3) is 0 Å². The Morgan fingerprint density at radius 2 is 2.31 bits per heavy atom. The van der Waals surface area contributed by atoms with Crippen molar-refractivity contribution in [1.82, 2.24) is 10.2 Å². The molecule has 1 fully saturated rings. The van der Waals surface area contributed by atoms with E-state index in [4.69, 9.17) is 0 Å². The highest BCUT2D eigenvalue weighted by Crippen LogP contribution is 2.31. The molecule has 3 nitrogen and oxygen atoms in total. The molecule has 0 spiro atoms. The Balaban J connectivity index is 2.74. The van der Waals surface area contributed by atoms with E-state index in [2.05, 4.69) is 25.7 Å². The molecule has 1 saturated heterocycles. The van der Waals surface area contributed by atoms with Crippen LogP contribution in [0.3, 0.4) is 0 Å². The standard InChI is InChI=1S/C13H24N2O/c1-4-9-15(10-5-2)12(16)13(6-3)7-8-14-11-13/h4,14H,1,5-11H2,2-3H3. The number of hydrogen-bond acceptors (Lipinski definition) is 2. The maximum Gasteiger partial charge on any atom is 0.230 e. The Labute approximate surface area is 98.9 Å². The van der Waals surface area contributed by atoms with Crippen molar-refractivity contribution in [3.05, 3.63) is 12.7 Å². The molecule has 16 heavy (non-hydrogen) atoms. The van der Waals surface area contributed by atoms with Gasteiger partial charge in [-0.25, -0.2) is 0 Å². The van der Waals surface area contributed by atoms with Crippen LogP contribution in [-0.2, 0) is 4.79 Å². The van der Waals surface area contributed by atoms with Gasteiger partial charge >= 0.3 is 0 Å². The monoisotopic (exact) mass is 224 g/mol. The van der Waals surface area contributed by atoms with Gasteiger partial charge in [0.25, 0.3) is 0 Å². The van der Waals surface area contributed by atoms with Crippen LogP contribution >= 0.6 is 0 Å². The summed E-state index contributed by atoms with van der Waals surface area (Å²) >= 11 is 0. The third kappa shape index (κ3) is 2.64. The minimum absolute atomic E-state index is 0.155. The van der Waals surface area contributed by atoms with Crippen LogP contribution < -0.4 is 5.32 Å². The Morgan fingerprint density at radius 3 is 2.75 bits per heavy atom. The molecular formula is C13H24N2O. The number of nitrogens with one attached hydrogen (secondary N) is 1. The van der Waals surface area contributed by atoms with Gasteiger partial charge in [0, 0.05) is 19.6 Å². The molecule has 1 unspecified atom stereocenters. The van der Waals surface area contributed by atoms with E-state index in [9.17, 15) is 4.79 Å². The number of nitrogens with zero attached hydrogens (tertiary/aromatic N) is 1. The second-order valence-electron chi connectivity index (χ2n) is 4.60. The Morgan fingerprint density at radius 1 is 1.56 bits per heavy atom. The van der Waals surface area contributed by atoms with Crippen molar-refractivity contribution in [3.8, 4) is 0 Å². The lowest BCUT2D eigenvalue weighted by Gasteiger charge is -2.32. The zero-order valence-corrected chi connectivity index (χ0v) is 10.6. The Kier molecular flexibility index (Phi) is 5.00. The maximum absolute atomic E-state index is 12.5. The molecule has 0 aromatic rings. The molecule has 0 saturated carbocycles. The molecule has 1 heterocycles. The lowest BCUT2D eigenvalue weighted by Crippen LogP contribution is -2.45. The first kappa shape index (κ1) is 13.2. The van der Waals surface area contributed by atoms with E-state index in [0.29, 0.717) is 12.5 Å². The normalized spacial score (nSPS) is 24.4. The second-order valence-corrected chi connectivity index (χ2v) is 4.60. The smallest absolute Gasteiger partial charge is 0.230 e. The van der Waals surface area contributed by atoms with Gasteiger partial charge in [0.1, 0.15) is 0 Å². The van der Waals surface area contributed by atoms with Crippen LogP contribution in [0, 0.1) is 5.41 Å². The molecule has 3 heteroatoms. The Hall–Kier alpha value is -0.830. The quantitative estimate of drug-likeness (QED) is 0.698. The lowest BCUT2D eigenvalue weighted by molar-refractivity contribution is -0.140. The van der Waals surface area contributed by atoms with E-state index in [0.717, 1.165) is 38.9 Å². The molecular weight excluding hydrogens is 200 g/mol. The molecule has 0 aromatic heterocycles. The predicted octanol–water partition coefficient (Wildman–Crippen LogP) is 1.80. The molecule has 0 radical (unpaired) electrons. The summed E-state index contributed by atoms with van der Waals surface area (Å²) in [6.07, 6.45) is 4.72. The molecule has 0 aromatic carbocycles. The SMILES string of the molecule is C=CCN(CCC)C(=O)C1(CC)CCNC1. The fourth-order valence-corrected chi connectivity index (χ4v) is 2.42. The van der Waals surface area contributed by atoms with Crippen LogP contribution in [-0.4, -0.2) is 37.0 Å². The molecule has 1 N–H and O–H groups in total. The van der Waals surface area contributed by atoms with Gasteiger partial charge in [-0.1, -0.05) is 19.9 Å². The molecule has 1 rings (SSSR count). The van der Waals surface area contributed by atoms with Crippen molar-refractivity contribution >= 4 is 5.91 Å². The lowest BCUT2D eigenvalue weighted by atomic mass is 9.82. The highest BCUT2D eigenvalue weighted by atomic mass is 16.2. The van der Waals surface area contributed by atoms with Crippen molar-refractivity contribution in [3.63, 3.8) is 0 Å². The zero-order chi connectivity index (χ0) is 12.0. The van der Waals surface area contributed by atoms with Crippen LogP contribution in [0.15, 0.2) is 12.7 Å². The summed E-state index contributed by atoms with van der Waals surface area (Å²) < 4.78 is 0. The second kappa shape index (κ2) is 6.04. The van der Waals surface area contributed by atoms with E-state index >= 15 is 0 Å². The van der Waals surface area contributed by atoms with Gasteiger partial charge in [-0.2, -0.15) is 0 Å². The summed E-state index contributed by atoms with van der Waals surface area (Å²) in [6, 6.07) is 0. The molecule has 1 atom stereocenters. The van der Waals surface area contributed by atoms with E-state index < -0.39 is 0 Å². The molecule has 0 bridgehead atoms. The van der Waals surface area contributed by atoms with E-state index in [-0.39, 0.29) is 5.41 Å². The van der Waals surface area contributed by atoms with Crippen molar-refractivity contribution in [2.24, 2.45) is 5.41 Å². The number of rotatable bonds is 6. The molecule has 92 valence electrons. The van der Waals surface area contributed by atoms with E-state index in [1.807, 2.05) is 11.0 Å². The van der Waals surface area contributed by atoms with Crippen LogP contribution in [0.5, 0.6) is 0 Å². The summed E-state index contributed by atoms with van der Waals surface area (Å²) in [6.45, 7) is 11.3. The van der Waals surface area contributed by atoms with Crippen molar-refractivity contribution in [2.45, 2.75) is 33.1 Å². The predicted molar refractivity (Wildman–Crippen MR) is 67.3 cm³/mol. The van der Waals surface area contributed by atoms with E-state index in [1.54, 1.807) is 0 Å². The summed E-state index contributed by atoms with van der Waals surface area (Å²) in [5.74, 6) is 0.307. The first-order chi connectivity index (χ1) is 7.70. The minimum Gasteiger partial charge on any atom is -0.338 e. The fraction of sp³-hybridized carbons (Fsp3) is 0.769. The van der Waals surface area contributed by atoms with Gasteiger partial charge in [-0.15, -0.1) is 6.58 Å². The topological polar surface area (TPSA) is 32.3 Å². The van der Waals surface area contributed by atoms with E-state index in [1.165, 1.54) is 0 Å². The molecule has 1 aliphatic heterocycles. The van der Waals surface area contributed by atoms with Crippen molar-refractivity contribution < 1.29 is 4.79 Å². The first-order valence-corrected chi connectivity index (χ1v) is 6.31. The first-order valence-electron chi connectivity index (χ1n) is 6.31. The highest BCUT2D eigenvalue weighted by molar-refractivity contribution is 5.83. The van der Waals surface area contributed by atoms with Gasteiger partial charge in [0.05, 0.1) is 5.41 Å². The van der Waals surface area contributed by atoms with Gasteiger partial charge in [-0.05, 0) is 25.8 Å². The largest absolute Gasteiger partial charge is 0.338 e. The summed E-state index contributed by atoms with van der Waals surface area (Å²) in [5, 5.41) is 3.31. The fourth-order valence-electron chi connectivity index (χ4n) is 2.42. The van der Waals surface area contributed by atoms with Crippen LogP contribution in [0.2, 0.25) is 0 Å². The van der Waals surface area contributed by atoms with Gasteiger partial charge in [0.2, 0.25) is 5.91 Å². The average Bonchev–Trinajstić information content (AvgIpc) is 2.77. The summed E-state index contributed by atoms with van der Waals surface area (Å²) in [4.78, 5) is 14.5. The summed E-state index contributed by atoms with van der Waals surface area (Å²) in [7, 11) is 0. The Bertz CT molecular complexity index is 244. The third-order valence-electron chi connectivity index (χ3n) is 3.50. The van der Waals surface area contributed by atoms with Gasteiger partial charge in [-0.3, -0.25) is 4.79 Å². The number of carbonyl (C=O) groups is 1. The number of carbonyl (C=O) groups excluding carboxylic acids is 1. The zero-order valence-electron chi connectivity index (χ0n) is 10.6. The van der Waals surface area contributed by atoms with Gasteiger partial charge in [0.15, 0.2) is 0 Å². The highest BCUT2D eigenvalue weighted by Gasteiger charge is 2.41. The summed E-state index contributed by atoms with van der Waals surface area (Å²) in [5.41, 5.74) is -0.155. The molecule has 1 amide bonds. The number of amides is 1. The van der Waals surface area contributed by atoms with Gasteiger partial charge < -0.3 is 10.2 Å².